The van der Waals surface area contributed by atoms with Gasteiger partial charge in [-0.25, -0.2) is 0 Å². The van der Waals surface area contributed by atoms with Gasteiger partial charge in [0.05, 0.1) is 0 Å². The first-order valence-corrected chi connectivity index (χ1v) is 8.27. The van der Waals surface area contributed by atoms with Crippen LogP contribution in [0.4, 0.5) is 0 Å². The van der Waals surface area contributed by atoms with E-state index in [1.54, 1.807) is 0 Å². The van der Waals surface area contributed by atoms with Crippen molar-refractivity contribution in [2.45, 2.75) is 71.3 Å². The molecule has 0 heterocycles. The molecule has 1 nitrogen and oxygen atoms in total. The number of rotatable bonds is 4. The van der Waals surface area contributed by atoms with E-state index in [1.807, 2.05) is 0 Å². The first kappa shape index (κ1) is 15.6. The molecule has 1 saturated carbocycles. The molecule has 1 aliphatic rings. The van der Waals surface area contributed by atoms with Crippen LogP contribution in [0, 0.1) is 12.8 Å². The van der Waals surface area contributed by atoms with Gasteiger partial charge in [-0.1, -0.05) is 49.1 Å². The number of hydrogen-bond donors (Lipinski definition) is 1. The molecule has 0 amide bonds. The summed E-state index contributed by atoms with van der Waals surface area (Å²) in [7, 11) is 0. The molecule has 0 radical (unpaired) electrons. The van der Waals surface area contributed by atoms with Crippen molar-refractivity contribution < 1.29 is 0 Å². The average molecular weight is 273 g/mol. The van der Waals surface area contributed by atoms with Gasteiger partial charge in [0.25, 0.3) is 0 Å². The van der Waals surface area contributed by atoms with E-state index in [-0.39, 0.29) is 5.54 Å². The molecule has 0 aromatic heterocycles. The maximum atomic E-state index is 3.74. The normalized spacial score (nSPS) is 19.0. The maximum absolute atomic E-state index is 3.74. The topological polar surface area (TPSA) is 12.0 Å². The zero-order valence-electron chi connectivity index (χ0n) is 13.7. The van der Waals surface area contributed by atoms with Crippen molar-refractivity contribution in [3.63, 3.8) is 0 Å². The van der Waals surface area contributed by atoms with Gasteiger partial charge in [-0.2, -0.15) is 0 Å². The Morgan fingerprint density at radius 1 is 1.15 bits per heavy atom. The smallest absolute Gasteiger partial charge is 0.00967 e. The zero-order valence-corrected chi connectivity index (χ0v) is 13.7. The van der Waals surface area contributed by atoms with E-state index < -0.39 is 0 Å². The van der Waals surface area contributed by atoms with Gasteiger partial charge < -0.3 is 5.32 Å². The summed E-state index contributed by atoms with van der Waals surface area (Å²) in [6.45, 7) is 10.1. The van der Waals surface area contributed by atoms with E-state index in [1.165, 1.54) is 43.2 Å². The van der Waals surface area contributed by atoms with Crippen LogP contribution in [-0.2, 0) is 0 Å². The fourth-order valence-electron chi connectivity index (χ4n) is 3.41. The van der Waals surface area contributed by atoms with Crippen LogP contribution in [0.5, 0.6) is 0 Å². The van der Waals surface area contributed by atoms with Gasteiger partial charge in [0.15, 0.2) is 0 Å². The molecular weight excluding hydrogens is 242 g/mol. The molecule has 0 aliphatic heterocycles. The zero-order chi connectivity index (χ0) is 14.6. The third-order valence-corrected chi connectivity index (χ3v) is 4.54. The predicted octanol–water partition coefficient (Wildman–Crippen LogP) is 5.05. The standard InChI is InChI=1S/C19H31N/c1-15-9-8-12-17(13-15)18(14-20-19(2,3)4)16-10-6-5-7-11-16/h8-9,12-13,16,18,20H,5-7,10-11,14H2,1-4H3. The van der Waals surface area contributed by atoms with Crippen molar-refractivity contribution in [3.8, 4) is 0 Å². The fraction of sp³-hybridized carbons (Fsp3) is 0.684. The third-order valence-electron chi connectivity index (χ3n) is 4.54. The largest absolute Gasteiger partial charge is 0.311 e. The molecule has 112 valence electrons. The third kappa shape index (κ3) is 4.63. The molecular formula is C19H31N. The van der Waals surface area contributed by atoms with E-state index >= 15 is 0 Å². The summed E-state index contributed by atoms with van der Waals surface area (Å²) in [5.74, 6) is 1.54. The molecule has 0 spiro atoms. The summed E-state index contributed by atoms with van der Waals surface area (Å²) in [5.41, 5.74) is 3.13. The Morgan fingerprint density at radius 3 is 2.45 bits per heavy atom. The number of benzene rings is 1. The van der Waals surface area contributed by atoms with Crippen LogP contribution >= 0.6 is 0 Å². The van der Waals surface area contributed by atoms with E-state index in [4.69, 9.17) is 0 Å². The van der Waals surface area contributed by atoms with Gasteiger partial charge in [0.2, 0.25) is 0 Å². The van der Waals surface area contributed by atoms with Crippen LogP contribution in [0.25, 0.3) is 0 Å². The monoisotopic (exact) mass is 273 g/mol. The Kier molecular flexibility index (Phi) is 5.26. The van der Waals surface area contributed by atoms with E-state index in [0.29, 0.717) is 5.92 Å². The molecule has 1 unspecified atom stereocenters. The summed E-state index contributed by atoms with van der Waals surface area (Å²) in [4.78, 5) is 0. The van der Waals surface area contributed by atoms with E-state index in [9.17, 15) is 0 Å². The molecule has 1 aliphatic carbocycles. The highest BCUT2D eigenvalue weighted by molar-refractivity contribution is 5.26. The molecule has 1 fully saturated rings. The fourth-order valence-corrected chi connectivity index (χ4v) is 3.41. The van der Waals surface area contributed by atoms with Crippen molar-refractivity contribution in [3.05, 3.63) is 35.4 Å². The summed E-state index contributed by atoms with van der Waals surface area (Å²) in [6, 6.07) is 9.15. The van der Waals surface area contributed by atoms with Crippen molar-refractivity contribution >= 4 is 0 Å². The lowest BCUT2D eigenvalue weighted by molar-refractivity contribution is 0.279. The molecule has 20 heavy (non-hydrogen) atoms. The minimum absolute atomic E-state index is 0.205. The van der Waals surface area contributed by atoms with Crippen LogP contribution in [0.1, 0.15) is 69.9 Å². The van der Waals surface area contributed by atoms with Crippen molar-refractivity contribution in [2.24, 2.45) is 5.92 Å². The summed E-state index contributed by atoms with van der Waals surface area (Å²) in [6.07, 6.45) is 7.09. The van der Waals surface area contributed by atoms with Crippen LogP contribution in [0.2, 0.25) is 0 Å². The number of hydrogen-bond acceptors (Lipinski definition) is 1. The lowest BCUT2D eigenvalue weighted by Gasteiger charge is -2.33. The second kappa shape index (κ2) is 6.76. The molecule has 1 atom stereocenters. The van der Waals surface area contributed by atoms with Gasteiger partial charge in [-0.3, -0.25) is 0 Å². The number of aryl methyl sites for hydroxylation is 1. The molecule has 1 aromatic rings. The Bertz CT molecular complexity index is 410. The van der Waals surface area contributed by atoms with Crippen LogP contribution in [0.3, 0.4) is 0 Å². The average Bonchev–Trinajstić information content (AvgIpc) is 2.39. The Labute approximate surface area is 125 Å². The van der Waals surface area contributed by atoms with Gasteiger partial charge in [-0.15, -0.1) is 0 Å². The van der Waals surface area contributed by atoms with E-state index in [2.05, 4.69) is 57.3 Å². The van der Waals surface area contributed by atoms with E-state index in [0.717, 1.165) is 12.5 Å². The van der Waals surface area contributed by atoms with Gasteiger partial charge >= 0.3 is 0 Å². The lowest BCUT2D eigenvalue weighted by Crippen LogP contribution is -2.40. The highest BCUT2D eigenvalue weighted by atomic mass is 14.9. The first-order valence-electron chi connectivity index (χ1n) is 8.27. The second-order valence-electron chi connectivity index (χ2n) is 7.55. The van der Waals surface area contributed by atoms with Crippen molar-refractivity contribution in [2.75, 3.05) is 6.54 Å². The summed E-state index contributed by atoms with van der Waals surface area (Å²) in [5, 5.41) is 3.74. The number of nitrogens with one attached hydrogen (secondary N) is 1. The van der Waals surface area contributed by atoms with Gasteiger partial charge in [-0.05, 0) is 57.9 Å². The van der Waals surface area contributed by atoms with Crippen LogP contribution in [-0.4, -0.2) is 12.1 Å². The quantitative estimate of drug-likeness (QED) is 0.809. The first-order chi connectivity index (χ1) is 9.46. The predicted molar refractivity (Wildman–Crippen MR) is 88.3 cm³/mol. The molecule has 1 heteroatoms. The lowest BCUT2D eigenvalue weighted by atomic mass is 9.76. The summed E-state index contributed by atoms with van der Waals surface area (Å²) < 4.78 is 0. The maximum Gasteiger partial charge on any atom is 0.00967 e. The van der Waals surface area contributed by atoms with Gasteiger partial charge in [0.1, 0.15) is 0 Å². The van der Waals surface area contributed by atoms with Crippen molar-refractivity contribution in [1.82, 2.24) is 5.32 Å². The van der Waals surface area contributed by atoms with Crippen LogP contribution < -0.4 is 5.32 Å². The minimum Gasteiger partial charge on any atom is -0.311 e. The molecule has 0 saturated heterocycles. The molecule has 1 aromatic carbocycles. The Balaban J connectivity index is 2.14. The molecule has 2 rings (SSSR count). The SMILES string of the molecule is Cc1cccc(C(CNC(C)(C)C)C2CCCCC2)c1. The Hall–Kier alpha value is -0.820. The van der Waals surface area contributed by atoms with Gasteiger partial charge in [0, 0.05) is 12.1 Å². The van der Waals surface area contributed by atoms with Crippen molar-refractivity contribution in [1.29, 1.82) is 0 Å². The summed E-state index contributed by atoms with van der Waals surface area (Å²) >= 11 is 0. The second-order valence-corrected chi connectivity index (χ2v) is 7.55. The highest BCUT2D eigenvalue weighted by Crippen LogP contribution is 2.36. The molecule has 1 N–H and O–H groups in total. The minimum atomic E-state index is 0.205. The highest BCUT2D eigenvalue weighted by Gasteiger charge is 2.26. The molecule has 0 bridgehead atoms. The van der Waals surface area contributed by atoms with Crippen LogP contribution in [0.15, 0.2) is 24.3 Å². The Morgan fingerprint density at radius 2 is 1.85 bits per heavy atom.